The molecule has 3 rings (SSSR count). The van der Waals surface area contributed by atoms with Crippen LogP contribution in [0.15, 0.2) is 30.5 Å². The normalized spacial score (nSPS) is 17.8. The Hall–Kier alpha value is -2.41. The van der Waals surface area contributed by atoms with Crippen LogP contribution in [0.4, 0.5) is 10.6 Å². The molecule has 1 aromatic heterocycles. The molecule has 7 heteroatoms. The van der Waals surface area contributed by atoms with Crippen molar-refractivity contribution in [2.24, 2.45) is 13.0 Å². The Kier molecular flexibility index (Phi) is 5.10. The number of aromatic nitrogens is 3. The minimum atomic E-state index is -0.229. The maximum Gasteiger partial charge on any atom is 0.320 e. The van der Waals surface area contributed by atoms with Gasteiger partial charge in [-0.3, -0.25) is 14.9 Å². The first kappa shape index (κ1) is 16.4. The lowest BCUT2D eigenvalue weighted by atomic mass is 10.1. The highest BCUT2D eigenvalue weighted by atomic mass is 16.2. The fourth-order valence-electron chi connectivity index (χ4n) is 3.05. The summed E-state index contributed by atoms with van der Waals surface area (Å²) < 4.78 is 1.55. The Balaban J connectivity index is 1.41. The predicted molar refractivity (Wildman–Crippen MR) is 92.6 cm³/mol. The number of anilines is 1. The van der Waals surface area contributed by atoms with E-state index in [0.717, 1.165) is 26.1 Å². The summed E-state index contributed by atoms with van der Waals surface area (Å²) in [5, 5.41) is 13.2. The Morgan fingerprint density at radius 1 is 1.38 bits per heavy atom. The van der Waals surface area contributed by atoms with Gasteiger partial charge in [-0.1, -0.05) is 29.5 Å². The van der Waals surface area contributed by atoms with E-state index in [1.807, 2.05) is 0 Å². The van der Waals surface area contributed by atoms with Gasteiger partial charge in [0.15, 0.2) is 5.82 Å². The average Bonchev–Trinajstić information content (AvgIpc) is 3.17. The van der Waals surface area contributed by atoms with E-state index in [9.17, 15) is 4.79 Å². The molecule has 1 aliphatic heterocycles. The molecule has 0 radical (unpaired) electrons. The summed E-state index contributed by atoms with van der Waals surface area (Å²) in [4.78, 5) is 14.3. The van der Waals surface area contributed by atoms with E-state index < -0.39 is 0 Å². The molecule has 7 nitrogen and oxygen atoms in total. The molecule has 128 valence electrons. The molecule has 0 aliphatic carbocycles. The van der Waals surface area contributed by atoms with Crippen LogP contribution in [0.5, 0.6) is 0 Å². The molecule has 2 N–H and O–H groups in total. The minimum Gasteiger partial charge on any atom is -0.338 e. The van der Waals surface area contributed by atoms with Gasteiger partial charge >= 0.3 is 6.03 Å². The van der Waals surface area contributed by atoms with Crippen LogP contribution in [-0.4, -0.2) is 45.6 Å². The van der Waals surface area contributed by atoms with E-state index in [0.29, 0.717) is 18.3 Å². The highest BCUT2D eigenvalue weighted by Crippen LogP contribution is 2.19. The minimum absolute atomic E-state index is 0.229. The number of nitrogens with one attached hydrogen (secondary N) is 2. The quantitative estimate of drug-likeness (QED) is 0.877. The molecule has 2 aromatic rings. The summed E-state index contributed by atoms with van der Waals surface area (Å²) in [7, 11) is 1.76. The van der Waals surface area contributed by atoms with E-state index in [1.54, 1.807) is 17.9 Å². The van der Waals surface area contributed by atoms with Crippen molar-refractivity contribution in [3.8, 4) is 0 Å². The van der Waals surface area contributed by atoms with E-state index in [-0.39, 0.29) is 6.03 Å². The van der Waals surface area contributed by atoms with Gasteiger partial charge in [0.25, 0.3) is 0 Å². The molecule has 0 spiro atoms. The van der Waals surface area contributed by atoms with E-state index in [1.165, 1.54) is 11.1 Å². The number of benzene rings is 1. The Morgan fingerprint density at radius 2 is 2.21 bits per heavy atom. The Bertz CT molecular complexity index is 698. The molecule has 2 heterocycles. The zero-order valence-corrected chi connectivity index (χ0v) is 14.2. The third-order valence-electron chi connectivity index (χ3n) is 4.42. The smallest absolute Gasteiger partial charge is 0.320 e. The zero-order chi connectivity index (χ0) is 16.9. The van der Waals surface area contributed by atoms with Crippen LogP contribution < -0.4 is 10.6 Å². The molecule has 1 atom stereocenters. The Morgan fingerprint density at radius 3 is 2.96 bits per heavy atom. The van der Waals surface area contributed by atoms with Crippen LogP contribution in [0.25, 0.3) is 0 Å². The van der Waals surface area contributed by atoms with Crippen molar-refractivity contribution in [3.63, 3.8) is 0 Å². The molecule has 1 saturated heterocycles. The standard InChI is InChI=1S/C17H24N6O/c1-13-5-3-4-6-15(13)11-23-8-7-14(10-23)9-18-17(24)19-16-12-22(2)21-20-16/h3-6,12,14H,7-11H2,1-2H3,(H2,18,19,24). The first-order valence-electron chi connectivity index (χ1n) is 8.28. The highest BCUT2D eigenvalue weighted by molar-refractivity contribution is 5.87. The largest absolute Gasteiger partial charge is 0.338 e. The van der Waals surface area contributed by atoms with E-state index >= 15 is 0 Å². The van der Waals surface area contributed by atoms with Gasteiger partial charge in [0.1, 0.15) is 0 Å². The lowest BCUT2D eigenvalue weighted by molar-refractivity contribution is 0.249. The maximum atomic E-state index is 11.9. The van der Waals surface area contributed by atoms with Gasteiger partial charge in [-0.05, 0) is 36.9 Å². The maximum absolute atomic E-state index is 11.9. The van der Waals surface area contributed by atoms with Crippen LogP contribution in [0, 0.1) is 12.8 Å². The first-order valence-corrected chi connectivity index (χ1v) is 8.28. The molecule has 0 saturated carbocycles. The summed E-state index contributed by atoms with van der Waals surface area (Å²) in [6.07, 6.45) is 2.77. The molecular weight excluding hydrogens is 304 g/mol. The number of carbonyl (C=O) groups is 1. The summed E-state index contributed by atoms with van der Waals surface area (Å²) in [6, 6.07) is 8.28. The molecular formula is C17H24N6O. The second kappa shape index (κ2) is 7.44. The van der Waals surface area contributed by atoms with Crippen molar-refractivity contribution in [3.05, 3.63) is 41.6 Å². The second-order valence-corrected chi connectivity index (χ2v) is 6.43. The fraction of sp³-hybridized carbons (Fsp3) is 0.471. The summed E-state index contributed by atoms with van der Waals surface area (Å²) in [5.41, 5.74) is 2.72. The number of carbonyl (C=O) groups excluding carboxylic acids is 1. The average molecular weight is 328 g/mol. The van der Waals surface area contributed by atoms with Gasteiger partial charge in [-0.2, -0.15) is 0 Å². The number of urea groups is 1. The second-order valence-electron chi connectivity index (χ2n) is 6.43. The molecule has 1 fully saturated rings. The number of aryl methyl sites for hydroxylation is 2. The topological polar surface area (TPSA) is 75.1 Å². The van der Waals surface area contributed by atoms with Crippen LogP contribution in [-0.2, 0) is 13.6 Å². The van der Waals surface area contributed by atoms with Crippen LogP contribution >= 0.6 is 0 Å². The zero-order valence-electron chi connectivity index (χ0n) is 14.2. The summed E-state index contributed by atoms with van der Waals surface area (Å²) in [5.74, 6) is 0.948. The van der Waals surface area contributed by atoms with E-state index in [2.05, 4.69) is 57.0 Å². The first-order chi connectivity index (χ1) is 11.6. The molecule has 1 aliphatic rings. The predicted octanol–water partition coefficient (Wildman–Crippen LogP) is 1.77. The molecule has 2 amide bonds. The molecule has 1 unspecified atom stereocenters. The number of likely N-dealkylation sites (tertiary alicyclic amines) is 1. The van der Waals surface area contributed by atoms with Gasteiger partial charge in [0.2, 0.25) is 0 Å². The lowest BCUT2D eigenvalue weighted by Gasteiger charge is -2.17. The number of rotatable bonds is 5. The van der Waals surface area contributed by atoms with E-state index in [4.69, 9.17) is 0 Å². The van der Waals surface area contributed by atoms with Gasteiger partial charge in [-0.25, -0.2) is 4.79 Å². The van der Waals surface area contributed by atoms with Crippen molar-refractivity contribution >= 4 is 11.8 Å². The highest BCUT2D eigenvalue weighted by Gasteiger charge is 2.23. The fourth-order valence-corrected chi connectivity index (χ4v) is 3.05. The molecule has 1 aromatic carbocycles. The van der Waals surface area contributed by atoms with Crippen molar-refractivity contribution < 1.29 is 4.79 Å². The molecule has 0 bridgehead atoms. The van der Waals surface area contributed by atoms with Crippen LogP contribution in [0.2, 0.25) is 0 Å². The third kappa shape index (κ3) is 4.32. The summed E-state index contributed by atoms with van der Waals surface area (Å²) >= 11 is 0. The number of hydrogen-bond donors (Lipinski definition) is 2. The van der Waals surface area contributed by atoms with Gasteiger partial charge < -0.3 is 5.32 Å². The number of nitrogens with zero attached hydrogens (tertiary/aromatic N) is 4. The van der Waals surface area contributed by atoms with Gasteiger partial charge in [0.05, 0.1) is 6.20 Å². The third-order valence-corrected chi connectivity index (χ3v) is 4.42. The summed E-state index contributed by atoms with van der Waals surface area (Å²) in [6.45, 7) is 5.90. The van der Waals surface area contributed by atoms with Crippen LogP contribution in [0.3, 0.4) is 0 Å². The van der Waals surface area contributed by atoms with Crippen LogP contribution in [0.1, 0.15) is 17.5 Å². The lowest BCUT2D eigenvalue weighted by Crippen LogP contribution is -2.34. The SMILES string of the molecule is Cc1ccccc1CN1CCC(CNC(=O)Nc2cn(C)nn2)C1. The van der Waals surface area contributed by atoms with Crippen molar-refractivity contribution in [2.75, 3.05) is 25.0 Å². The monoisotopic (exact) mass is 328 g/mol. The number of amides is 2. The van der Waals surface area contributed by atoms with Gasteiger partial charge in [-0.15, -0.1) is 5.10 Å². The van der Waals surface area contributed by atoms with Gasteiger partial charge in [0, 0.05) is 26.7 Å². The van der Waals surface area contributed by atoms with Crippen molar-refractivity contribution in [2.45, 2.75) is 19.9 Å². The molecule has 24 heavy (non-hydrogen) atoms. The number of hydrogen-bond acceptors (Lipinski definition) is 4. The van der Waals surface area contributed by atoms with Crippen molar-refractivity contribution in [1.82, 2.24) is 25.2 Å². The Labute approximate surface area is 142 Å². The van der Waals surface area contributed by atoms with Crippen molar-refractivity contribution in [1.29, 1.82) is 0 Å².